The first-order valence-electron chi connectivity index (χ1n) is 5.52. The zero-order valence-corrected chi connectivity index (χ0v) is 9.25. The molecule has 1 fully saturated rings. The molecule has 2 nitrogen and oxygen atoms in total. The lowest BCUT2D eigenvalue weighted by Gasteiger charge is -2.24. The predicted octanol–water partition coefficient (Wildman–Crippen LogP) is 2.51. The van der Waals surface area contributed by atoms with E-state index in [2.05, 4.69) is 18.2 Å². The van der Waals surface area contributed by atoms with Crippen molar-refractivity contribution in [3.8, 4) is 5.75 Å². The first-order chi connectivity index (χ1) is 7.30. The van der Waals surface area contributed by atoms with E-state index < -0.39 is 0 Å². The van der Waals surface area contributed by atoms with Crippen LogP contribution in [0.2, 0.25) is 0 Å². The van der Waals surface area contributed by atoms with Gasteiger partial charge < -0.3 is 9.47 Å². The Morgan fingerprint density at radius 1 is 1.33 bits per heavy atom. The van der Waals surface area contributed by atoms with Crippen LogP contribution in [0.25, 0.3) is 0 Å². The van der Waals surface area contributed by atoms with Crippen LogP contribution in [0.1, 0.15) is 29.9 Å². The number of rotatable bonds is 2. The van der Waals surface area contributed by atoms with Crippen LogP contribution < -0.4 is 4.74 Å². The standard InChI is InChI=1S/C13H16O2/c1-14-11-5-3-4-9-6-7-13(15-2)8-10(13)12(9)11/h3-5,10H,6-8H2,1-2H3. The number of hydrogen-bond donors (Lipinski definition) is 0. The van der Waals surface area contributed by atoms with E-state index in [4.69, 9.17) is 9.47 Å². The zero-order valence-electron chi connectivity index (χ0n) is 9.25. The Morgan fingerprint density at radius 3 is 2.93 bits per heavy atom. The van der Waals surface area contributed by atoms with Gasteiger partial charge in [-0.15, -0.1) is 0 Å². The molecular formula is C13H16O2. The SMILES string of the molecule is COc1cccc2c1C1CC1(OC)CC2. The summed E-state index contributed by atoms with van der Waals surface area (Å²) in [7, 11) is 3.58. The van der Waals surface area contributed by atoms with Gasteiger partial charge in [-0.3, -0.25) is 0 Å². The number of fused-ring (bicyclic) bond motifs is 3. The number of methoxy groups -OCH3 is 2. The minimum Gasteiger partial charge on any atom is -0.496 e. The van der Waals surface area contributed by atoms with E-state index in [0.29, 0.717) is 5.92 Å². The Morgan fingerprint density at radius 2 is 2.20 bits per heavy atom. The Kier molecular flexibility index (Phi) is 1.84. The van der Waals surface area contributed by atoms with Crippen LogP contribution in [0.4, 0.5) is 0 Å². The number of ether oxygens (including phenoxy) is 2. The second kappa shape index (κ2) is 2.99. The summed E-state index contributed by atoms with van der Waals surface area (Å²) in [6.45, 7) is 0. The van der Waals surface area contributed by atoms with Gasteiger partial charge in [-0.1, -0.05) is 12.1 Å². The second-order valence-electron chi connectivity index (χ2n) is 4.56. The molecule has 2 unspecified atom stereocenters. The fraction of sp³-hybridized carbons (Fsp3) is 0.538. The maximum atomic E-state index is 5.65. The van der Waals surface area contributed by atoms with Crippen LogP contribution in [0.3, 0.4) is 0 Å². The van der Waals surface area contributed by atoms with Crippen molar-refractivity contribution < 1.29 is 9.47 Å². The van der Waals surface area contributed by atoms with Crippen LogP contribution in [0.15, 0.2) is 18.2 Å². The van der Waals surface area contributed by atoms with Gasteiger partial charge in [0.05, 0.1) is 12.7 Å². The van der Waals surface area contributed by atoms with Crippen molar-refractivity contribution in [2.45, 2.75) is 30.8 Å². The minimum atomic E-state index is 0.141. The normalized spacial score (nSPS) is 31.7. The van der Waals surface area contributed by atoms with Crippen molar-refractivity contribution in [2.24, 2.45) is 0 Å². The van der Waals surface area contributed by atoms with Gasteiger partial charge in [-0.25, -0.2) is 0 Å². The summed E-state index contributed by atoms with van der Waals surface area (Å²) < 4.78 is 11.1. The van der Waals surface area contributed by atoms with E-state index in [0.717, 1.165) is 25.0 Å². The average molecular weight is 204 g/mol. The molecule has 2 atom stereocenters. The summed E-state index contributed by atoms with van der Waals surface area (Å²) in [6, 6.07) is 6.36. The molecule has 1 saturated carbocycles. The van der Waals surface area contributed by atoms with E-state index >= 15 is 0 Å². The van der Waals surface area contributed by atoms with Gasteiger partial charge in [0.1, 0.15) is 5.75 Å². The molecule has 0 spiro atoms. The van der Waals surface area contributed by atoms with E-state index in [1.165, 1.54) is 11.1 Å². The van der Waals surface area contributed by atoms with Gasteiger partial charge in [0, 0.05) is 18.6 Å². The van der Waals surface area contributed by atoms with Crippen molar-refractivity contribution in [2.75, 3.05) is 14.2 Å². The average Bonchev–Trinajstić information content (AvgIpc) is 3.03. The largest absolute Gasteiger partial charge is 0.496 e. The maximum absolute atomic E-state index is 5.65. The molecule has 2 aliphatic rings. The van der Waals surface area contributed by atoms with Crippen LogP contribution >= 0.6 is 0 Å². The molecule has 0 N–H and O–H groups in total. The lowest BCUT2D eigenvalue weighted by Crippen LogP contribution is -2.20. The van der Waals surface area contributed by atoms with Crippen LogP contribution in [-0.4, -0.2) is 19.8 Å². The molecule has 0 radical (unpaired) electrons. The first kappa shape index (κ1) is 9.22. The summed E-state index contributed by atoms with van der Waals surface area (Å²) in [5.41, 5.74) is 2.99. The molecule has 0 aromatic heterocycles. The van der Waals surface area contributed by atoms with E-state index in [9.17, 15) is 0 Å². The minimum absolute atomic E-state index is 0.141. The van der Waals surface area contributed by atoms with Gasteiger partial charge in [0.2, 0.25) is 0 Å². The monoisotopic (exact) mass is 204 g/mol. The molecule has 1 aromatic carbocycles. The van der Waals surface area contributed by atoms with Crippen molar-refractivity contribution in [1.29, 1.82) is 0 Å². The van der Waals surface area contributed by atoms with Crippen molar-refractivity contribution in [3.05, 3.63) is 29.3 Å². The number of aryl methyl sites for hydroxylation is 1. The number of benzene rings is 1. The Balaban J connectivity index is 2.07. The third-order valence-corrected chi connectivity index (χ3v) is 3.97. The van der Waals surface area contributed by atoms with Gasteiger partial charge in [-0.2, -0.15) is 0 Å². The molecule has 0 saturated heterocycles. The molecule has 0 heterocycles. The summed E-state index contributed by atoms with van der Waals surface area (Å²) >= 11 is 0. The highest BCUT2D eigenvalue weighted by atomic mass is 16.5. The highest BCUT2D eigenvalue weighted by molar-refractivity contribution is 5.50. The van der Waals surface area contributed by atoms with Gasteiger partial charge in [0.25, 0.3) is 0 Å². The highest BCUT2D eigenvalue weighted by Crippen LogP contribution is 2.61. The van der Waals surface area contributed by atoms with Gasteiger partial charge in [-0.05, 0) is 30.9 Å². The van der Waals surface area contributed by atoms with Crippen LogP contribution in [0.5, 0.6) is 5.75 Å². The third-order valence-electron chi connectivity index (χ3n) is 3.97. The molecule has 1 aromatic rings. The molecule has 2 heteroatoms. The van der Waals surface area contributed by atoms with E-state index in [-0.39, 0.29) is 5.60 Å². The first-order valence-corrected chi connectivity index (χ1v) is 5.52. The Hall–Kier alpha value is -1.02. The van der Waals surface area contributed by atoms with E-state index in [1.807, 2.05) is 7.11 Å². The quantitative estimate of drug-likeness (QED) is 0.737. The molecular weight excluding hydrogens is 188 g/mol. The van der Waals surface area contributed by atoms with Crippen molar-refractivity contribution in [3.63, 3.8) is 0 Å². The molecule has 2 aliphatic carbocycles. The maximum Gasteiger partial charge on any atom is 0.122 e. The fourth-order valence-corrected chi connectivity index (χ4v) is 2.98. The van der Waals surface area contributed by atoms with Gasteiger partial charge >= 0.3 is 0 Å². The molecule has 0 amide bonds. The predicted molar refractivity (Wildman–Crippen MR) is 58.4 cm³/mol. The highest BCUT2D eigenvalue weighted by Gasteiger charge is 2.58. The lowest BCUT2D eigenvalue weighted by atomic mass is 9.89. The van der Waals surface area contributed by atoms with Crippen LogP contribution in [0, 0.1) is 0 Å². The summed E-state index contributed by atoms with van der Waals surface area (Å²) in [6.07, 6.45) is 3.45. The third kappa shape index (κ3) is 1.14. The van der Waals surface area contributed by atoms with Crippen molar-refractivity contribution >= 4 is 0 Å². The summed E-state index contributed by atoms with van der Waals surface area (Å²) in [5, 5.41) is 0. The molecule has 80 valence electrons. The Bertz CT molecular complexity index is 385. The topological polar surface area (TPSA) is 18.5 Å². The number of hydrogen-bond acceptors (Lipinski definition) is 2. The molecule has 15 heavy (non-hydrogen) atoms. The smallest absolute Gasteiger partial charge is 0.122 e. The summed E-state index contributed by atoms with van der Waals surface area (Å²) in [5.74, 6) is 1.61. The molecule has 3 rings (SSSR count). The lowest BCUT2D eigenvalue weighted by molar-refractivity contribution is 0.0636. The van der Waals surface area contributed by atoms with Crippen molar-refractivity contribution in [1.82, 2.24) is 0 Å². The molecule has 0 aliphatic heterocycles. The van der Waals surface area contributed by atoms with Crippen LogP contribution in [-0.2, 0) is 11.2 Å². The van der Waals surface area contributed by atoms with E-state index in [1.54, 1.807) is 7.11 Å². The fourth-order valence-electron chi connectivity index (χ4n) is 2.98. The Labute approximate surface area is 90.2 Å². The zero-order chi connectivity index (χ0) is 10.5. The summed E-state index contributed by atoms with van der Waals surface area (Å²) in [4.78, 5) is 0. The second-order valence-corrected chi connectivity index (χ2v) is 4.56. The van der Waals surface area contributed by atoms with Gasteiger partial charge in [0.15, 0.2) is 0 Å². The molecule has 0 bridgehead atoms.